The molecule has 0 N–H and O–H groups in total. The molecule has 0 aliphatic carbocycles. The second kappa shape index (κ2) is 8.49. The number of carbonyl (C=O) groups excluding carboxylic acids is 2. The number of amides is 1. The Morgan fingerprint density at radius 2 is 1.69 bits per heavy atom. The second-order valence-corrected chi connectivity index (χ2v) is 7.28. The van der Waals surface area contributed by atoms with E-state index in [0.29, 0.717) is 18.7 Å². The molecule has 29 heavy (non-hydrogen) atoms. The number of ether oxygens (including phenoxy) is 1. The number of piperazine rings is 1. The Labute approximate surface area is 169 Å². The van der Waals surface area contributed by atoms with Crippen molar-refractivity contribution in [3.63, 3.8) is 0 Å². The van der Waals surface area contributed by atoms with E-state index in [9.17, 15) is 9.59 Å². The molecule has 1 aromatic heterocycles. The highest BCUT2D eigenvalue weighted by Crippen LogP contribution is 2.20. The molecule has 1 aliphatic heterocycles. The number of furan rings is 1. The van der Waals surface area contributed by atoms with Crippen molar-refractivity contribution in [1.82, 2.24) is 9.80 Å². The first-order valence-electron chi connectivity index (χ1n) is 9.85. The molecule has 2 heterocycles. The normalized spacial score (nSPS) is 16.0. The van der Waals surface area contributed by atoms with Crippen molar-refractivity contribution in [2.75, 3.05) is 26.2 Å². The van der Waals surface area contributed by atoms with Crippen LogP contribution in [0.15, 0.2) is 65.1 Å². The topological polar surface area (TPSA) is 63.0 Å². The van der Waals surface area contributed by atoms with Crippen LogP contribution in [0.2, 0.25) is 0 Å². The van der Waals surface area contributed by atoms with E-state index in [4.69, 9.17) is 9.15 Å². The van der Waals surface area contributed by atoms with Gasteiger partial charge in [-0.15, -0.1) is 0 Å². The van der Waals surface area contributed by atoms with Crippen LogP contribution in [0, 0.1) is 0 Å². The van der Waals surface area contributed by atoms with Gasteiger partial charge in [-0.1, -0.05) is 48.5 Å². The first-order valence-corrected chi connectivity index (χ1v) is 9.85. The zero-order valence-electron chi connectivity index (χ0n) is 16.4. The summed E-state index contributed by atoms with van der Waals surface area (Å²) in [6.07, 6.45) is -0.851. The number of hydrogen-bond acceptors (Lipinski definition) is 5. The van der Waals surface area contributed by atoms with Gasteiger partial charge in [-0.2, -0.15) is 0 Å². The number of fused-ring (bicyclic) bond motifs is 1. The Morgan fingerprint density at radius 3 is 2.41 bits per heavy atom. The van der Waals surface area contributed by atoms with Crippen molar-refractivity contribution in [2.24, 2.45) is 0 Å². The first kappa shape index (κ1) is 19.2. The van der Waals surface area contributed by atoms with Crippen molar-refractivity contribution < 1.29 is 18.7 Å². The Kier molecular flexibility index (Phi) is 5.62. The standard InChI is InChI=1S/C23H24N2O4/c1-17(28-23(27)21-15-19-9-5-6-10-20(19)29-21)22(26)25-13-11-24(12-14-25)16-18-7-3-2-4-8-18/h2-10,15,17H,11-14,16H2,1H3. The van der Waals surface area contributed by atoms with Crippen LogP contribution in [-0.4, -0.2) is 54.0 Å². The lowest BCUT2D eigenvalue weighted by molar-refractivity contribution is -0.141. The van der Waals surface area contributed by atoms with Crippen LogP contribution in [0.5, 0.6) is 0 Å². The molecule has 1 unspecified atom stereocenters. The van der Waals surface area contributed by atoms with Gasteiger partial charge in [0, 0.05) is 38.1 Å². The van der Waals surface area contributed by atoms with Crippen molar-refractivity contribution >= 4 is 22.8 Å². The molecule has 0 radical (unpaired) electrons. The highest BCUT2D eigenvalue weighted by Gasteiger charge is 2.28. The van der Waals surface area contributed by atoms with Gasteiger partial charge in [-0.05, 0) is 24.6 Å². The minimum atomic E-state index is -0.851. The van der Waals surface area contributed by atoms with Gasteiger partial charge in [0.2, 0.25) is 5.76 Å². The molecule has 6 nitrogen and oxygen atoms in total. The van der Waals surface area contributed by atoms with Crippen LogP contribution in [0.25, 0.3) is 11.0 Å². The summed E-state index contributed by atoms with van der Waals surface area (Å²) in [5.41, 5.74) is 1.88. The predicted octanol–water partition coefficient (Wildman–Crippen LogP) is 3.32. The summed E-state index contributed by atoms with van der Waals surface area (Å²) in [6.45, 7) is 5.32. The largest absolute Gasteiger partial charge is 0.449 e. The lowest BCUT2D eigenvalue weighted by atomic mass is 10.2. The Hall–Kier alpha value is -3.12. The van der Waals surface area contributed by atoms with Crippen LogP contribution in [0.4, 0.5) is 0 Å². The van der Waals surface area contributed by atoms with Crippen LogP contribution >= 0.6 is 0 Å². The van der Waals surface area contributed by atoms with E-state index in [1.165, 1.54) is 5.56 Å². The molecule has 1 fully saturated rings. The lowest BCUT2D eigenvalue weighted by Gasteiger charge is -2.35. The molecule has 0 bridgehead atoms. The monoisotopic (exact) mass is 392 g/mol. The molecular weight excluding hydrogens is 368 g/mol. The van der Waals surface area contributed by atoms with Gasteiger partial charge in [-0.25, -0.2) is 4.79 Å². The Balaban J connectivity index is 1.29. The molecular formula is C23H24N2O4. The van der Waals surface area contributed by atoms with Gasteiger partial charge < -0.3 is 14.1 Å². The molecule has 1 amide bonds. The minimum absolute atomic E-state index is 0.110. The van der Waals surface area contributed by atoms with Crippen molar-refractivity contribution in [1.29, 1.82) is 0 Å². The lowest BCUT2D eigenvalue weighted by Crippen LogP contribution is -2.51. The predicted molar refractivity (Wildman–Crippen MR) is 109 cm³/mol. The van der Waals surface area contributed by atoms with Crippen LogP contribution in [0.3, 0.4) is 0 Å². The van der Waals surface area contributed by atoms with Crippen molar-refractivity contribution in [3.8, 4) is 0 Å². The van der Waals surface area contributed by atoms with Gasteiger partial charge >= 0.3 is 5.97 Å². The molecule has 1 atom stereocenters. The van der Waals surface area contributed by atoms with E-state index in [1.807, 2.05) is 36.4 Å². The fourth-order valence-electron chi connectivity index (χ4n) is 3.58. The summed E-state index contributed by atoms with van der Waals surface area (Å²) in [7, 11) is 0. The summed E-state index contributed by atoms with van der Waals surface area (Å²) >= 11 is 0. The highest BCUT2D eigenvalue weighted by molar-refractivity contribution is 5.94. The number of carbonyl (C=O) groups is 2. The molecule has 4 rings (SSSR count). The van der Waals surface area contributed by atoms with E-state index >= 15 is 0 Å². The van der Waals surface area contributed by atoms with Crippen LogP contribution in [-0.2, 0) is 16.1 Å². The van der Waals surface area contributed by atoms with E-state index in [0.717, 1.165) is 25.0 Å². The quantitative estimate of drug-likeness (QED) is 0.624. The maximum atomic E-state index is 12.7. The summed E-state index contributed by atoms with van der Waals surface area (Å²) in [5, 5.41) is 0.827. The third-order valence-electron chi connectivity index (χ3n) is 5.19. The molecule has 1 aliphatic rings. The van der Waals surface area contributed by atoms with E-state index in [-0.39, 0.29) is 11.7 Å². The minimum Gasteiger partial charge on any atom is -0.449 e. The van der Waals surface area contributed by atoms with Gasteiger partial charge in [0.05, 0.1) is 0 Å². The van der Waals surface area contributed by atoms with Gasteiger partial charge in [0.25, 0.3) is 5.91 Å². The summed E-state index contributed by atoms with van der Waals surface area (Å²) in [6, 6.07) is 19.3. The summed E-state index contributed by atoms with van der Waals surface area (Å²) in [4.78, 5) is 29.2. The van der Waals surface area contributed by atoms with E-state index < -0.39 is 12.1 Å². The third kappa shape index (κ3) is 4.49. The number of hydrogen-bond donors (Lipinski definition) is 0. The fraction of sp³-hybridized carbons (Fsp3) is 0.304. The zero-order valence-corrected chi connectivity index (χ0v) is 16.4. The molecule has 6 heteroatoms. The average molecular weight is 392 g/mol. The molecule has 0 spiro atoms. The SMILES string of the molecule is CC(OC(=O)c1cc2ccccc2o1)C(=O)N1CCN(Cc2ccccc2)CC1. The zero-order chi connectivity index (χ0) is 20.2. The molecule has 3 aromatic rings. The summed E-state index contributed by atoms with van der Waals surface area (Å²) in [5.74, 6) is -0.683. The smallest absolute Gasteiger partial charge is 0.375 e. The van der Waals surface area contributed by atoms with Crippen molar-refractivity contribution in [3.05, 3.63) is 72.0 Å². The Morgan fingerprint density at radius 1 is 1.00 bits per heavy atom. The molecule has 1 saturated heterocycles. The number of rotatable bonds is 5. The molecule has 0 saturated carbocycles. The summed E-state index contributed by atoms with van der Waals surface area (Å²) < 4.78 is 10.9. The number of nitrogens with zero attached hydrogens (tertiary/aromatic N) is 2. The van der Waals surface area contributed by atoms with E-state index in [2.05, 4.69) is 17.0 Å². The molecule has 150 valence electrons. The Bertz CT molecular complexity index is 957. The maximum Gasteiger partial charge on any atom is 0.375 e. The second-order valence-electron chi connectivity index (χ2n) is 7.28. The average Bonchev–Trinajstić information content (AvgIpc) is 3.19. The van der Waals surface area contributed by atoms with E-state index in [1.54, 1.807) is 24.0 Å². The van der Waals surface area contributed by atoms with Crippen LogP contribution < -0.4 is 0 Å². The van der Waals surface area contributed by atoms with Crippen LogP contribution in [0.1, 0.15) is 23.0 Å². The fourth-order valence-corrected chi connectivity index (χ4v) is 3.58. The molecule has 2 aromatic carbocycles. The van der Waals surface area contributed by atoms with Gasteiger partial charge in [0.1, 0.15) is 5.58 Å². The van der Waals surface area contributed by atoms with Crippen molar-refractivity contribution in [2.45, 2.75) is 19.6 Å². The number of para-hydroxylation sites is 1. The third-order valence-corrected chi connectivity index (χ3v) is 5.19. The van der Waals surface area contributed by atoms with Gasteiger partial charge in [-0.3, -0.25) is 9.69 Å². The highest BCUT2D eigenvalue weighted by atomic mass is 16.6. The number of esters is 1. The maximum absolute atomic E-state index is 12.7. The van der Waals surface area contributed by atoms with Gasteiger partial charge in [0.15, 0.2) is 6.10 Å². The first-order chi connectivity index (χ1) is 14.1. The number of benzene rings is 2.